The number of carbonyl (C=O) groups is 2. The summed E-state index contributed by atoms with van der Waals surface area (Å²) in [5, 5.41) is 1.68. The Morgan fingerprint density at radius 3 is 2.59 bits per heavy atom. The van der Waals surface area contributed by atoms with Crippen LogP contribution in [0.25, 0.3) is 0 Å². The van der Waals surface area contributed by atoms with Gasteiger partial charge in [-0.2, -0.15) is 13.2 Å². The topological polar surface area (TPSA) is 96.0 Å². The quantitative estimate of drug-likeness (QED) is 0.657. The molecular formula is C19H21F4N3O5S. The highest BCUT2D eigenvalue weighted by atomic mass is 32.2. The molecule has 0 aromatic heterocycles. The Bertz CT molecular complexity index is 1030. The Balaban J connectivity index is 1.38. The van der Waals surface area contributed by atoms with Gasteiger partial charge >= 0.3 is 12.2 Å². The van der Waals surface area contributed by atoms with Crippen LogP contribution in [0.5, 0.6) is 0 Å². The fourth-order valence-electron chi connectivity index (χ4n) is 4.18. The first-order valence-electron chi connectivity index (χ1n) is 9.96. The van der Waals surface area contributed by atoms with Gasteiger partial charge in [0, 0.05) is 31.7 Å². The maximum Gasteiger partial charge on any atom is 0.416 e. The average molecular weight is 479 g/mol. The van der Waals surface area contributed by atoms with Crippen molar-refractivity contribution < 1.29 is 40.3 Å². The van der Waals surface area contributed by atoms with E-state index in [0.717, 1.165) is 12.1 Å². The number of amides is 3. The number of carbonyl (C=O) groups excluding carboxylic acids is 2. The number of hydrogen-bond acceptors (Lipinski definition) is 5. The van der Waals surface area contributed by atoms with Gasteiger partial charge in [0.25, 0.3) is 0 Å². The second kappa shape index (κ2) is 8.18. The van der Waals surface area contributed by atoms with Crippen LogP contribution in [-0.4, -0.2) is 80.3 Å². The molecule has 0 saturated carbocycles. The average Bonchev–Trinajstić information content (AvgIpc) is 2.66. The Morgan fingerprint density at radius 1 is 1.19 bits per heavy atom. The van der Waals surface area contributed by atoms with Crippen molar-refractivity contribution in [3.05, 3.63) is 35.1 Å². The Morgan fingerprint density at radius 2 is 1.91 bits per heavy atom. The first-order chi connectivity index (χ1) is 15.0. The van der Waals surface area contributed by atoms with Crippen LogP contribution in [0.4, 0.5) is 22.4 Å². The highest BCUT2D eigenvalue weighted by Crippen LogP contribution is 2.35. The summed E-state index contributed by atoms with van der Waals surface area (Å²) in [5.74, 6) is -2.62. The number of ether oxygens (including phenoxy) is 1. The SMILES string of the molecule is O=C1CO[C@H]2CCN(C(=O)N3CC(S(=O)(=O)Cc4c(F)cccc4C(F)(F)F)C3)C[C@H]2N1. The number of rotatable bonds is 3. The molecule has 2 atom stereocenters. The summed E-state index contributed by atoms with van der Waals surface area (Å²) in [5.41, 5.74) is -2.24. The molecule has 3 fully saturated rings. The van der Waals surface area contributed by atoms with Crippen molar-refractivity contribution in [3.63, 3.8) is 0 Å². The summed E-state index contributed by atoms with van der Waals surface area (Å²) in [6.45, 7) is 0.176. The molecule has 176 valence electrons. The van der Waals surface area contributed by atoms with Gasteiger partial charge in [-0.25, -0.2) is 17.6 Å². The summed E-state index contributed by atoms with van der Waals surface area (Å²) in [6.07, 6.45) is -4.57. The second-order valence-electron chi connectivity index (χ2n) is 8.14. The molecule has 3 heterocycles. The molecule has 0 radical (unpaired) electrons. The third-order valence-corrected chi connectivity index (χ3v) is 8.00. The van der Waals surface area contributed by atoms with E-state index in [4.69, 9.17) is 4.74 Å². The summed E-state index contributed by atoms with van der Waals surface area (Å²) >= 11 is 0. The third kappa shape index (κ3) is 4.40. The van der Waals surface area contributed by atoms with Gasteiger partial charge in [-0.05, 0) is 18.6 Å². The molecule has 32 heavy (non-hydrogen) atoms. The van der Waals surface area contributed by atoms with Crippen molar-refractivity contribution >= 4 is 21.8 Å². The number of fused-ring (bicyclic) bond motifs is 1. The van der Waals surface area contributed by atoms with Gasteiger partial charge < -0.3 is 19.9 Å². The van der Waals surface area contributed by atoms with E-state index in [1.807, 2.05) is 0 Å². The van der Waals surface area contributed by atoms with Gasteiger partial charge in [-0.3, -0.25) is 4.79 Å². The number of sulfone groups is 1. The summed E-state index contributed by atoms with van der Waals surface area (Å²) < 4.78 is 84.2. The smallest absolute Gasteiger partial charge is 0.366 e. The lowest BCUT2D eigenvalue weighted by atomic mass is 10.0. The minimum absolute atomic E-state index is 0.0289. The maximum atomic E-state index is 14.0. The van der Waals surface area contributed by atoms with E-state index < -0.39 is 50.0 Å². The number of urea groups is 1. The Labute approximate surface area is 181 Å². The molecular weight excluding hydrogens is 458 g/mol. The van der Waals surface area contributed by atoms with Gasteiger partial charge in [0.1, 0.15) is 12.4 Å². The molecule has 1 N–H and O–H groups in total. The fraction of sp³-hybridized carbons (Fsp3) is 0.579. The van der Waals surface area contributed by atoms with Gasteiger partial charge in [0.05, 0.1) is 28.7 Å². The number of piperidine rings is 1. The zero-order valence-corrected chi connectivity index (χ0v) is 17.6. The van der Waals surface area contributed by atoms with E-state index in [2.05, 4.69) is 5.32 Å². The lowest BCUT2D eigenvalue weighted by Gasteiger charge is -2.45. The van der Waals surface area contributed by atoms with Crippen LogP contribution in [-0.2, 0) is 31.3 Å². The molecule has 3 aliphatic heterocycles. The Kier molecular flexibility index (Phi) is 5.82. The molecule has 1 aromatic rings. The molecule has 1 aromatic carbocycles. The number of alkyl halides is 3. The minimum atomic E-state index is -4.89. The molecule has 8 nitrogen and oxygen atoms in total. The van der Waals surface area contributed by atoms with Crippen LogP contribution < -0.4 is 5.32 Å². The molecule has 3 aliphatic rings. The van der Waals surface area contributed by atoms with Crippen LogP contribution in [0, 0.1) is 5.82 Å². The standard InChI is InChI=1S/C19H21F4N3O5S/c20-14-3-1-2-13(19(21,22)23)12(14)10-32(29,30)11-6-26(7-11)18(28)25-5-4-16-15(8-25)24-17(27)9-31-16/h1-3,11,15-16H,4-10H2,(H,24,27)/t15-,16+/m1/s1. The first kappa shape index (κ1) is 22.8. The first-order valence-corrected chi connectivity index (χ1v) is 11.7. The van der Waals surface area contributed by atoms with Crippen molar-refractivity contribution in [2.45, 2.75) is 35.7 Å². The summed E-state index contributed by atoms with van der Waals surface area (Å²) in [4.78, 5) is 27.0. The van der Waals surface area contributed by atoms with E-state index in [0.29, 0.717) is 19.0 Å². The lowest BCUT2D eigenvalue weighted by molar-refractivity contribution is -0.140. The molecule has 0 bridgehead atoms. The molecule has 0 aliphatic carbocycles. The largest absolute Gasteiger partial charge is 0.416 e. The molecule has 13 heteroatoms. The van der Waals surface area contributed by atoms with Gasteiger partial charge in [0.2, 0.25) is 5.91 Å². The van der Waals surface area contributed by atoms with E-state index in [1.54, 1.807) is 0 Å². The van der Waals surface area contributed by atoms with Crippen molar-refractivity contribution in [2.24, 2.45) is 0 Å². The monoisotopic (exact) mass is 479 g/mol. The van der Waals surface area contributed by atoms with Crippen molar-refractivity contribution in [1.82, 2.24) is 15.1 Å². The molecule has 4 rings (SSSR count). The van der Waals surface area contributed by atoms with Crippen LogP contribution in [0.3, 0.4) is 0 Å². The van der Waals surface area contributed by atoms with Crippen LogP contribution in [0.2, 0.25) is 0 Å². The van der Waals surface area contributed by atoms with E-state index >= 15 is 0 Å². The lowest BCUT2D eigenvalue weighted by Crippen LogP contribution is -2.65. The zero-order chi connectivity index (χ0) is 23.3. The second-order valence-corrected chi connectivity index (χ2v) is 10.4. The van der Waals surface area contributed by atoms with Crippen molar-refractivity contribution in [1.29, 1.82) is 0 Å². The zero-order valence-electron chi connectivity index (χ0n) is 16.8. The fourth-order valence-corrected chi connectivity index (χ4v) is 5.93. The maximum absolute atomic E-state index is 14.0. The summed E-state index contributed by atoms with van der Waals surface area (Å²) in [6, 6.07) is 1.53. The predicted molar refractivity (Wildman–Crippen MR) is 103 cm³/mol. The van der Waals surface area contributed by atoms with E-state index in [1.165, 1.54) is 9.80 Å². The van der Waals surface area contributed by atoms with Crippen LogP contribution >= 0.6 is 0 Å². The highest BCUT2D eigenvalue weighted by Gasteiger charge is 2.45. The highest BCUT2D eigenvalue weighted by molar-refractivity contribution is 7.91. The van der Waals surface area contributed by atoms with Gasteiger partial charge in [-0.15, -0.1) is 0 Å². The molecule has 3 amide bonds. The van der Waals surface area contributed by atoms with Crippen molar-refractivity contribution in [2.75, 3.05) is 32.8 Å². The third-order valence-electron chi connectivity index (χ3n) is 5.99. The summed E-state index contributed by atoms with van der Waals surface area (Å²) in [7, 11) is -4.13. The number of benzene rings is 1. The van der Waals surface area contributed by atoms with Crippen LogP contribution in [0.1, 0.15) is 17.5 Å². The number of morpholine rings is 1. The van der Waals surface area contributed by atoms with Gasteiger partial charge in [-0.1, -0.05) is 6.07 Å². The molecule has 0 unspecified atom stereocenters. The van der Waals surface area contributed by atoms with Crippen LogP contribution in [0.15, 0.2) is 18.2 Å². The minimum Gasteiger partial charge on any atom is -0.366 e. The van der Waals surface area contributed by atoms with E-state index in [9.17, 15) is 35.6 Å². The number of nitrogens with zero attached hydrogens (tertiary/aromatic N) is 2. The number of halogens is 4. The predicted octanol–water partition coefficient (Wildman–Crippen LogP) is 1.15. The molecule has 3 saturated heterocycles. The number of nitrogens with one attached hydrogen (secondary N) is 1. The van der Waals surface area contributed by atoms with Gasteiger partial charge in [0.15, 0.2) is 9.84 Å². The normalized spacial score (nSPS) is 24.6. The number of likely N-dealkylation sites (tertiary alicyclic amines) is 2. The molecule has 0 spiro atoms. The Hall–Kier alpha value is -2.41. The van der Waals surface area contributed by atoms with E-state index in [-0.39, 0.29) is 44.3 Å². The number of hydrogen-bond donors (Lipinski definition) is 1. The van der Waals surface area contributed by atoms with Crippen molar-refractivity contribution in [3.8, 4) is 0 Å².